The van der Waals surface area contributed by atoms with E-state index in [-0.39, 0.29) is 11.7 Å². The lowest BCUT2D eigenvalue weighted by Gasteiger charge is -2.21. The SMILES string of the molecule is O=C(c1cc(I)ccc1O)N(CCBr)C1CC1. The molecule has 5 heteroatoms. The number of aromatic hydroxyl groups is 1. The van der Waals surface area contributed by atoms with Gasteiger partial charge in [-0.3, -0.25) is 4.79 Å². The molecule has 0 aliphatic heterocycles. The molecular formula is C12H13BrINO2. The van der Waals surface area contributed by atoms with E-state index in [1.54, 1.807) is 18.2 Å². The number of rotatable bonds is 4. The Hall–Kier alpha value is -0.300. The van der Waals surface area contributed by atoms with Crippen molar-refractivity contribution in [3.8, 4) is 5.75 Å². The zero-order valence-electron chi connectivity index (χ0n) is 9.20. The maximum absolute atomic E-state index is 12.3. The maximum Gasteiger partial charge on any atom is 0.257 e. The Kier molecular flexibility index (Phi) is 4.30. The fraction of sp³-hybridized carbons (Fsp3) is 0.417. The summed E-state index contributed by atoms with van der Waals surface area (Å²) < 4.78 is 0.957. The molecule has 3 nitrogen and oxygen atoms in total. The van der Waals surface area contributed by atoms with Crippen LogP contribution in [0.5, 0.6) is 5.75 Å². The summed E-state index contributed by atoms with van der Waals surface area (Å²) in [4.78, 5) is 14.2. The number of alkyl halides is 1. The highest BCUT2D eigenvalue weighted by atomic mass is 127. The molecular weight excluding hydrogens is 397 g/mol. The second kappa shape index (κ2) is 5.56. The highest BCUT2D eigenvalue weighted by Crippen LogP contribution is 2.30. The minimum Gasteiger partial charge on any atom is -0.507 e. The van der Waals surface area contributed by atoms with Crippen molar-refractivity contribution < 1.29 is 9.90 Å². The van der Waals surface area contributed by atoms with Gasteiger partial charge in [0.2, 0.25) is 0 Å². The minimum atomic E-state index is -0.0667. The van der Waals surface area contributed by atoms with Gasteiger partial charge in [-0.15, -0.1) is 0 Å². The van der Waals surface area contributed by atoms with Crippen LogP contribution in [-0.2, 0) is 0 Å². The summed E-state index contributed by atoms with van der Waals surface area (Å²) in [5, 5.41) is 10.5. The van der Waals surface area contributed by atoms with Crippen LogP contribution in [-0.4, -0.2) is 33.8 Å². The van der Waals surface area contributed by atoms with Crippen LogP contribution in [0.2, 0.25) is 0 Å². The topological polar surface area (TPSA) is 40.5 Å². The first kappa shape index (κ1) is 13.1. The summed E-state index contributed by atoms with van der Waals surface area (Å²) in [5.41, 5.74) is 0.407. The number of benzene rings is 1. The Morgan fingerprint density at radius 1 is 1.53 bits per heavy atom. The van der Waals surface area contributed by atoms with Crippen molar-refractivity contribution in [2.24, 2.45) is 0 Å². The molecule has 0 bridgehead atoms. The van der Waals surface area contributed by atoms with E-state index in [1.807, 2.05) is 4.90 Å². The van der Waals surface area contributed by atoms with E-state index in [2.05, 4.69) is 38.5 Å². The van der Waals surface area contributed by atoms with Gasteiger partial charge >= 0.3 is 0 Å². The van der Waals surface area contributed by atoms with Gasteiger partial charge in [-0.2, -0.15) is 0 Å². The van der Waals surface area contributed by atoms with Crippen LogP contribution >= 0.6 is 38.5 Å². The molecule has 2 rings (SSSR count). The smallest absolute Gasteiger partial charge is 0.257 e. The molecule has 1 aliphatic rings. The molecule has 0 unspecified atom stereocenters. The molecule has 0 saturated heterocycles. The van der Waals surface area contributed by atoms with Crippen molar-refractivity contribution in [1.82, 2.24) is 4.90 Å². The molecule has 1 N–H and O–H groups in total. The third-order valence-electron chi connectivity index (χ3n) is 2.76. The van der Waals surface area contributed by atoms with Gasteiger partial charge < -0.3 is 10.0 Å². The normalized spacial score (nSPS) is 14.7. The molecule has 0 aromatic heterocycles. The van der Waals surface area contributed by atoms with E-state index in [0.29, 0.717) is 18.2 Å². The third-order valence-corrected chi connectivity index (χ3v) is 3.79. The molecule has 0 radical (unpaired) electrons. The van der Waals surface area contributed by atoms with Crippen LogP contribution in [0.15, 0.2) is 18.2 Å². The Morgan fingerprint density at radius 2 is 2.24 bits per heavy atom. The van der Waals surface area contributed by atoms with Crippen molar-refractivity contribution in [3.05, 3.63) is 27.3 Å². The molecule has 0 atom stereocenters. The second-order valence-electron chi connectivity index (χ2n) is 4.08. The number of hydrogen-bond acceptors (Lipinski definition) is 2. The molecule has 1 aromatic rings. The summed E-state index contributed by atoms with van der Waals surface area (Å²) >= 11 is 5.50. The van der Waals surface area contributed by atoms with E-state index >= 15 is 0 Å². The summed E-state index contributed by atoms with van der Waals surface area (Å²) in [6, 6.07) is 5.46. The summed E-state index contributed by atoms with van der Waals surface area (Å²) in [6.07, 6.45) is 2.15. The van der Waals surface area contributed by atoms with Crippen LogP contribution in [0.1, 0.15) is 23.2 Å². The van der Waals surface area contributed by atoms with Gasteiger partial charge in [-0.1, -0.05) is 15.9 Å². The lowest BCUT2D eigenvalue weighted by atomic mass is 10.1. The lowest BCUT2D eigenvalue weighted by Crippen LogP contribution is -2.34. The maximum atomic E-state index is 12.3. The summed E-state index contributed by atoms with van der Waals surface area (Å²) in [7, 11) is 0. The monoisotopic (exact) mass is 409 g/mol. The van der Waals surface area contributed by atoms with Gasteiger partial charge in [0.25, 0.3) is 5.91 Å². The number of carbonyl (C=O) groups excluding carboxylic acids is 1. The fourth-order valence-corrected chi connectivity index (χ4v) is 2.63. The van der Waals surface area contributed by atoms with Crippen LogP contribution in [0.3, 0.4) is 0 Å². The number of phenols is 1. The van der Waals surface area contributed by atoms with Crippen molar-refractivity contribution in [2.45, 2.75) is 18.9 Å². The number of nitrogens with zero attached hydrogens (tertiary/aromatic N) is 1. The highest BCUT2D eigenvalue weighted by Gasteiger charge is 2.33. The Bertz CT molecular complexity index is 435. The first-order chi connectivity index (χ1) is 8.13. The molecule has 1 fully saturated rings. The van der Waals surface area contributed by atoms with Gasteiger partial charge in [0, 0.05) is 21.5 Å². The molecule has 92 valence electrons. The van der Waals surface area contributed by atoms with Crippen LogP contribution in [0.25, 0.3) is 0 Å². The first-order valence-electron chi connectivity index (χ1n) is 5.49. The zero-order chi connectivity index (χ0) is 12.4. The molecule has 1 saturated carbocycles. The van der Waals surface area contributed by atoms with E-state index in [4.69, 9.17) is 0 Å². The number of carbonyl (C=O) groups is 1. The van der Waals surface area contributed by atoms with Crippen LogP contribution in [0.4, 0.5) is 0 Å². The first-order valence-corrected chi connectivity index (χ1v) is 7.69. The Morgan fingerprint density at radius 3 is 2.82 bits per heavy atom. The standard InChI is InChI=1S/C12H13BrINO2/c13-5-6-15(9-2-3-9)12(17)10-7-8(14)1-4-11(10)16/h1,4,7,9,16H,2-3,5-6H2. The van der Waals surface area contributed by atoms with Gasteiger partial charge in [-0.25, -0.2) is 0 Å². The quantitative estimate of drug-likeness (QED) is 0.613. The van der Waals surface area contributed by atoms with E-state index in [1.165, 1.54) is 0 Å². The Balaban J connectivity index is 2.24. The predicted octanol–water partition coefficient (Wildman–Crippen LogP) is 3.00. The third kappa shape index (κ3) is 3.13. The Labute approximate surface area is 122 Å². The van der Waals surface area contributed by atoms with Gasteiger partial charge in [0.1, 0.15) is 5.75 Å². The van der Waals surface area contributed by atoms with Gasteiger partial charge in [0.05, 0.1) is 5.56 Å². The largest absolute Gasteiger partial charge is 0.507 e. The molecule has 1 aromatic carbocycles. The number of hydrogen-bond donors (Lipinski definition) is 1. The lowest BCUT2D eigenvalue weighted by molar-refractivity contribution is 0.0751. The van der Waals surface area contributed by atoms with E-state index in [0.717, 1.165) is 21.7 Å². The molecule has 1 aliphatic carbocycles. The van der Waals surface area contributed by atoms with Crippen molar-refractivity contribution >= 4 is 44.4 Å². The number of amides is 1. The minimum absolute atomic E-state index is 0.0654. The van der Waals surface area contributed by atoms with Crippen LogP contribution in [0, 0.1) is 3.57 Å². The number of phenolic OH excluding ortho intramolecular Hbond substituents is 1. The van der Waals surface area contributed by atoms with Gasteiger partial charge in [-0.05, 0) is 53.6 Å². The molecule has 0 heterocycles. The number of halogens is 2. The van der Waals surface area contributed by atoms with Gasteiger partial charge in [0.15, 0.2) is 0 Å². The zero-order valence-corrected chi connectivity index (χ0v) is 12.9. The van der Waals surface area contributed by atoms with E-state index in [9.17, 15) is 9.90 Å². The molecule has 0 spiro atoms. The highest BCUT2D eigenvalue weighted by molar-refractivity contribution is 14.1. The molecule has 1 amide bonds. The average Bonchev–Trinajstić information content (AvgIpc) is 3.12. The summed E-state index contributed by atoms with van der Waals surface area (Å²) in [5.74, 6) is -0.00129. The van der Waals surface area contributed by atoms with Crippen molar-refractivity contribution in [3.63, 3.8) is 0 Å². The fourth-order valence-electron chi connectivity index (χ4n) is 1.76. The van der Waals surface area contributed by atoms with Crippen molar-refractivity contribution in [1.29, 1.82) is 0 Å². The van der Waals surface area contributed by atoms with Crippen molar-refractivity contribution in [2.75, 3.05) is 11.9 Å². The summed E-state index contributed by atoms with van der Waals surface area (Å²) in [6.45, 7) is 0.689. The van der Waals surface area contributed by atoms with E-state index < -0.39 is 0 Å². The average molecular weight is 410 g/mol. The second-order valence-corrected chi connectivity index (χ2v) is 6.12. The predicted molar refractivity (Wildman–Crippen MR) is 78.7 cm³/mol. The molecule has 17 heavy (non-hydrogen) atoms. The van der Waals surface area contributed by atoms with Crippen LogP contribution < -0.4 is 0 Å².